The number of aromatic nitrogens is 5. The molecule has 1 saturated heterocycles. The van der Waals surface area contributed by atoms with Crippen LogP contribution >= 0.6 is 0 Å². The number of nitrogens with zero attached hydrogens (tertiary/aromatic N) is 5. The molecule has 0 radical (unpaired) electrons. The van der Waals surface area contributed by atoms with Gasteiger partial charge in [-0.05, 0) is 23.8 Å². The van der Waals surface area contributed by atoms with E-state index in [9.17, 15) is 9.59 Å². The van der Waals surface area contributed by atoms with Crippen molar-refractivity contribution < 1.29 is 9.53 Å². The Kier molecular flexibility index (Phi) is 4.16. The normalized spacial score (nSPS) is 22.2. The molecule has 1 saturated carbocycles. The van der Waals surface area contributed by atoms with Crippen molar-refractivity contribution in [2.24, 2.45) is 24.8 Å². The Morgan fingerprint density at radius 2 is 2.13 bits per heavy atom. The molecule has 0 bridgehead atoms. The van der Waals surface area contributed by atoms with Crippen LogP contribution in [0.2, 0.25) is 0 Å². The fourth-order valence-electron chi connectivity index (χ4n) is 4.61. The summed E-state index contributed by atoms with van der Waals surface area (Å²) in [5.41, 5.74) is 2.32. The van der Waals surface area contributed by atoms with Gasteiger partial charge in [0.2, 0.25) is 5.91 Å². The van der Waals surface area contributed by atoms with E-state index in [4.69, 9.17) is 4.74 Å². The number of pyridine rings is 1. The SMILES string of the molecule is C=CC(=O)N1CC2C(C1)C2Cn1cc(Nc2cn(C)nc2OC)c2nc[nH]c2c1=O. The number of aryl methyl sites for hydroxylation is 1. The molecular formula is C20H23N7O3. The van der Waals surface area contributed by atoms with Crippen LogP contribution in [0.1, 0.15) is 0 Å². The first-order chi connectivity index (χ1) is 14.5. The number of anilines is 2. The molecule has 10 nitrogen and oxygen atoms in total. The molecule has 1 aliphatic heterocycles. The van der Waals surface area contributed by atoms with Gasteiger partial charge in [0, 0.05) is 32.9 Å². The third-order valence-electron chi connectivity index (χ3n) is 6.18. The molecule has 10 heteroatoms. The Balaban J connectivity index is 1.42. The summed E-state index contributed by atoms with van der Waals surface area (Å²) in [4.78, 5) is 33.9. The zero-order chi connectivity index (χ0) is 21.0. The van der Waals surface area contributed by atoms with Gasteiger partial charge in [-0.25, -0.2) is 4.98 Å². The van der Waals surface area contributed by atoms with Crippen LogP contribution in [0.3, 0.4) is 0 Å². The molecule has 2 fully saturated rings. The van der Waals surface area contributed by atoms with E-state index in [-0.39, 0.29) is 11.5 Å². The van der Waals surface area contributed by atoms with Crippen LogP contribution in [0.4, 0.5) is 11.4 Å². The predicted molar refractivity (Wildman–Crippen MR) is 111 cm³/mol. The molecule has 2 N–H and O–H groups in total. The monoisotopic (exact) mass is 409 g/mol. The summed E-state index contributed by atoms with van der Waals surface area (Å²) in [5, 5.41) is 7.55. The summed E-state index contributed by atoms with van der Waals surface area (Å²) < 4.78 is 8.70. The predicted octanol–water partition coefficient (Wildman–Crippen LogP) is 1.10. The first-order valence-electron chi connectivity index (χ1n) is 9.82. The smallest absolute Gasteiger partial charge is 0.276 e. The number of fused-ring (bicyclic) bond motifs is 2. The van der Waals surface area contributed by atoms with Gasteiger partial charge in [0.25, 0.3) is 11.4 Å². The number of H-pyrrole nitrogens is 1. The van der Waals surface area contributed by atoms with Gasteiger partial charge >= 0.3 is 0 Å². The molecule has 2 unspecified atom stereocenters. The summed E-state index contributed by atoms with van der Waals surface area (Å²) in [6.07, 6.45) is 6.50. The van der Waals surface area contributed by atoms with E-state index < -0.39 is 0 Å². The number of ether oxygens (including phenoxy) is 1. The van der Waals surface area contributed by atoms with Crippen LogP contribution in [0.25, 0.3) is 11.0 Å². The summed E-state index contributed by atoms with van der Waals surface area (Å²) in [7, 11) is 3.37. The van der Waals surface area contributed by atoms with Gasteiger partial charge < -0.3 is 24.5 Å². The van der Waals surface area contributed by atoms with E-state index in [1.165, 1.54) is 12.4 Å². The van der Waals surface area contributed by atoms with Crippen LogP contribution in [-0.4, -0.2) is 55.3 Å². The van der Waals surface area contributed by atoms with Crippen molar-refractivity contribution in [2.45, 2.75) is 6.54 Å². The third kappa shape index (κ3) is 2.87. The van der Waals surface area contributed by atoms with Gasteiger partial charge in [0.05, 0.1) is 25.3 Å². The first-order valence-corrected chi connectivity index (χ1v) is 9.82. The molecule has 1 amide bonds. The second kappa shape index (κ2) is 6.75. The number of carbonyl (C=O) groups excluding carboxylic acids is 1. The molecule has 5 rings (SSSR count). The van der Waals surface area contributed by atoms with Crippen molar-refractivity contribution >= 4 is 28.3 Å². The minimum Gasteiger partial charge on any atom is -0.478 e. The van der Waals surface area contributed by atoms with Gasteiger partial charge in [-0.1, -0.05) is 6.58 Å². The lowest BCUT2D eigenvalue weighted by Crippen LogP contribution is -2.31. The number of methoxy groups -OCH3 is 1. The molecule has 4 heterocycles. The summed E-state index contributed by atoms with van der Waals surface area (Å²) in [5.74, 6) is 1.70. The van der Waals surface area contributed by atoms with E-state index in [1.807, 2.05) is 18.1 Å². The summed E-state index contributed by atoms with van der Waals surface area (Å²) >= 11 is 0. The number of hydrogen-bond donors (Lipinski definition) is 2. The van der Waals surface area contributed by atoms with Gasteiger partial charge in [0.1, 0.15) is 16.7 Å². The van der Waals surface area contributed by atoms with Crippen molar-refractivity contribution in [3.8, 4) is 5.88 Å². The maximum atomic E-state index is 13.0. The Labute approximate surface area is 172 Å². The highest BCUT2D eigenvalue weighted by Gasteiger charge is 2.56. The van der Waals surface area contributed by atoms with Crippen LogP contribution in [0.15, 0.2) is 36.2 Å². The molecule has 3 aromatic heterocycles. The lowest BCUT2D eigenvalue weighted by molar-refractivity contribution is -0.125. The molecule has 1 aliphatic carbocycles. The Hall–Kier alpha value is -3.56. The van der Waals surface area contributed by atoms with Crippen molar-refractivity contribution in [1.82, 2.24) is 29.2 Å². The lowest BCUT2D eigenvalue weighted by atomic mass is 10.2. The average Bonchev–Trinajstić information content (AvgIpc) is 3.21. The average molecular weight is 409 g/mol. The van der Waals surface area contributed by atoms with Crippen LogP contribution < -0.4 is 15.6 Å². The third-order valence-corrected chi connectivity index (χ3v) is 6.18. The van der Waals surface area contributed by atoms with E-state index in [2.05, 4.69) is 27.0 Å². The summed E-state index contributed by atoms with van der Waals surface area (Å²) in [6.45, 7) is 5.64. The van der Waals surface area contributed by atoms with Crippen molar-refractivity contribution in [3.63, 3.8) is 0 Å². The molecule has 0 aromatic carbocycles. The molecular weight excluding hydrogens is 386 g/mol. The number of piperidine rings is 1. The lowest BCUT2D eigenvalue weighted by Gasteiger charge is -2.18. The fourth-order valence-corrected chi connectivity index (χ4v) is 4.61. The maximum Gasteiger partial charge on any atom is 0.276 e. The van der Waals surface area contributed by atoms with Crippen molar-refractivity contribution in [1.29, 1.82) is 0 Å². The van der Waals surface area contributed by atoms with Crippen molar-refractivity contribution in [2.75, 3.05) is 25.5 Å². The van der Waals surface area contributed by atoms with Gasteiger partial charge in [-0.2, -0.15) is 0 Å². The van der Waals surface area contributed by atoms with Crippen molar-refractivity contribution in [3.05, 3.63) is 41.7 Å². The number of carbonyl (C=O) groups is 1. The zero-order valence-corrected chi connectivity index (χ0v) is 16.8. The Bertz CT molecular complexity index is 1190. The molecule has 0 spiro atoms. The summed E-state index contributed by atoms with van der Waals surface area (Å²) in [6, 6.07) is 0. The molecule has 2 atom stereocenters. The highest BCUT2D eigenvalue weighted by molar-refractivity contribution is 5.89. The van der Waals surface area contributed by atoms with Crippen LogP contribution in [0, 0.1) is 17.8 Å². The highest BCUT2D eigenvalue weighted by Crippen LogP contribution is 2.52. The number of imidazole rings is 1. The standard InChI is InChI=1S/C20H23N7O3/c1-4-16(28)26-5-11-12(6-26)13(11)7-27-9-14(17-18(20(27)29)22-10-21-17)23-15-8-25(2)24-19(15)30-3/h4,8-13,23H,1,5-7H2,2-3H3,(H,21,22). The fraction of sp³-hybridized carbons (Fsp3) is 0.400. The van der Waals surface area contributed by atoms with E-state index >= 15 is 0 Å². The van der Waals surface area contributed by atoms with Gasteiger partial charge in [-0.15, -0.1) is 5.10 Å². The number of rotatable bonds is 6. The number of amides is 1. The molecule has 30 heavy (non-hydrogen) atoms. The van der Waals surface area contributed by atoms with Crippen LogP contribution in [-0.2, 0) is 18.4 Å². The van der Waals surface area contributed by atoms with E-state index in [0.29, 0.717) is 52.6 Å². The number of aromatic amines is 1. The highest BCUT2D eigenvalue weighted by atomic mass is 16.5. The van der Waals surface area contributed by atoms with Crippen LogP contribution in [0.5, 0.6) is 5.88 Å². The van der Waals surface area contributed by atoms with E-state index in [0.717, 1.165) is 13.1 Å². The number of hydrogen-bond acceptors (Lipinski definition) is 6. The maximum absolute atomic E-state index is 13.0. The molecule has 2 aliphatic rings. The zero-order valence-electron chi connectivity index (χ0n) is 16.8. The minimum atomic E-state index is -0.102. The largest absolute Gasteiger partial charge is 0.478 e. The quantitative estimate of drug-likeness (QED) is 0.590. The molecule has 3 aromatic rings. The van der Waals surface area contributed by atoms with Gasteiger partial charge in [0.15, 0.2) is 0 Å². The Morgan fingerprint density at radius 3 is 2.83 bits per heavy atom. The second-order valence-electron chi connectivity index (χ2n) is 7.92. The number of likely N-dealkylation sites (tertiary alicyclic amines) is 1. The number of nitrogens with one attached hydrogen (secondary N) is 2. The molecule has 156 valence electrons. The second-order valence-corrected chi connectivity index (χ2v) is 7.92. The minimum absolute atomic E-state index is 0.0195. The van der Waals surface area contributed by atoms with E-state index in [1.54, 1.807) is 22.6 Å². The van der Waals surface area contributed by atoms with Gasteiger partial charge in [-0.3, -0.25) is 14.3 Å². The topological polar surface area (TPSA) is 110 Å². The first kappa shape index (κ1) is 18.5. The Morgan fingerprint density at radius 1 is 1.37 bits per heavy atom.